The number of aromatic nitrogens is 1. The molecule has 0 spiro atoms. The average Bonchev–Trinajstić information content (AvgIpc) is 3.52. The van der Waals surface area contributed by atoms with Crippen molar-refractivity contribution in [3.05, 3.63) is 58.9 Å². The third-order valence-corrected chi connectivity index (χ3v) is 7.80. The minimum atomic E-state index is -0.276. The van der Waals surface area contributed by atoms with Crippen molar-refractivity contribution in [3.8, 4) is 0 Å². The number of hydrogen-bond donors (Lipinski definition) is 0. The summed E-state index contributed by atoms with van der Waals surface area (Å²) >= 11 is 1.59. The maximum Gasteiger partial charge on any atom is 0.270 e. The van der Waals surface area contributed by atoms with Gasteiger partial charge in [0.15, 0.2) is 0 Å². The van der Waals surface area contributed by atoms with E-state index in [1.807, 2.05) is 44.9 Å². The van der Waals surface area contributed by atoms with Crippen molar-refractivity contribution < 1.29 is 14.0 Å². The highest BCUT2D eigenvalue weighted by atomic mass is 32.1. The number of halogens is 1. The van der Waals surface area contributed by atoms with Crippen molar-refractivity contribution in [3.63, 3.8) is 0 Å². The maximum atomic E-state index is 13.7. The molecule has 0 N–H and O–H groups in total. The van der Waals surface area contributed by atoms with Crippen LogP contribution in [0.4, 0.5) is 4.39 Å². The van der Waals surface area contributed by atoms with E-state index >= 15 is 0 Å². The first kappa shape index (κ1) is 21.2. The number of hydrogen-bond acceptors (Lipinski definition) is 3. The Balaban J connectivity index is 1.36. The lowest BCUT2D eigenvalue weighted by atomic mass is 10.0. The first-order chi connectivity index (χ1) is 15.5. The molecule has 32 heavy (non-hydrogen) atoms. The second-order valence-electron chi connectivity index (χ2n) is 9.04. The van der Waals surface area contributed by atoms with Gasteiger partial charge in [-0.2, -0.15) is 0 Å². The molecule has 0 unspecified atom stereocenters. The van der Waals surface area contributed by atoms with Crippen molar-refractivity contribution in [1.82, 2.24) is 14.4 Å². The van der Waals surface area contributed by atoms with E-state index in [4.69, 9.17) is 0 Å². The second-order valence-corrected chi connectivity index (χ2v) is 9.93. The Morgan fingerprint density at radius 1 is 1.12 bits per heavy atom. The van der Waals surface area contributed by atoms with Crippen LogP contribution in [0.5, 0.6) is 0 Å². The first-order valence-electron chi connectivity index (χ1n) is 11.4. The molecule has 2 amide bonds. The Labute approximate surface area is 191 Å². The largest absolute Gasteiger partial charge is 0.336 e. The Bertz CT molecular complexity index is 1150. The predicted molar refractivity (Wildman–Crippen MR) is 124 cm³/mol. The summed E-state index contributed by atoms with van der Waals surface area (Å²) in [6, 6.07) is 10.5. The van der Waals surface area contributed by atoms with Crippen molar-refractivity contribution >= 4 is 33.4 Å². The summed E-state index contributed by atoms with van der Waals surface area (Å²) in [6.07, 6.45) is 4.27. The van der Waals surface area contributed by atoms with Gasteiger partial charge in [-0.1, -0.05) is 25.0 Å². The number of fused-ring (bicyclic) bond motifs is 1. The molecule has 1 aliphatic heterocycles. The van der Waals surface area contributed by atoms with E-state index < -0.39 is 0 Å². The number of amides is 2. The first-order valence-corrected chi connectivity index (χ1v) is 12.3. The van der Waals surface area contributed by atoms with Gasteiger partial charge in [0.2, 0.25) is 5.91 Å². The number of carbonyl (C=O) groups excluding carboxylic acids is 2. The number of piperazine rings is 1. The molecule has 2 aliphatic rings. The topological polar surface area (TPSA) is 45.6 Å². The number of rotatable bonds is 4. The van der Waals surface area contributed by atoms with Crippen molar-refractivity contribution in [2.45, 2.75) is 45.2 Å². The standard InChI is InChI=1S/C25H28FN3O2S/c1-17-15-27(10-11-28(17)23(30)19-6-2-3-7-19)24(31)22-14-20-9-12-32-25(20)29(22)16-18-5-4-8-21(26)13-18/h4-5,8-9,12-14,17,19H,2-3,6-7,10-11,15-16H2,1H3/t17-/m1/s1. The van der Waals surface area contributed by atoms with Crippen LogP contribution in [0.25, 0.3) is 10.2 Å². The van der Waals surface area contributed by atoms with Crippen LogP contribution in [0.15, 0.2) is 41.8 Å². The van der Waals surface area contributed by atoms with Gasteiger partial charge in [-0.15, -0.1) is 11.3 Å². The van der Waals surface area contributed by atoms with E-state index in [1.54, 1.807) is 17.4 Å². The third kappa shape index (κ3) is 3.94. The number of nitrogens with zero attached hydrogens (tertiary/aromatic N) is 3. The van der Waals surface area contributed by atoms with Gasteiger partial charge in [-0.25, -0.2) is 4.39 Å². The van der Waals surface area contributed by atoms with Gasteiger partial charge in [0.1, 0.15) is 16.3 Å². The zero-order chi connectivity index (χ0) is 22.2. The van der Waals surface area contributed by atoms with Gasteiger partial charge in [-0.3, -0.25) is 9.59 Å². The average molecular weight is 454 g/mol. The second kappa shape index (κ2) is 8.70. The highest BCUT2D eigenvalue weighted by molar-refractivity contribution is 7.16. The minimum absolute atomic E-state index is 0.00792. The van der Waals surface area contributed by atoms with Crippen molar-refractivity contribution in [2.24, 2.45) is 5.92 Å². The lowest BCUT2D eigenvalue weighted by Crippen LogP contribution is -2.56. The van der Waals surface area contributed by atoms with Crippen LogP contribution in [0.3, 0.4) is 0 Å². The van der Waals surface area contributed by atoms with E-state index in [2.05, 4.69) is 0 Å². The Hall–Kier alpha value is -2.67. The Morgan fingerprint density at radius 3 is 2.69 bits per heavy atom. The van der Waals surface area contributed by atoms with Gasteiger partial charge < -0.3 is 14.4 Å². The van der Waals surface area contributed by atoms with Crippen LogP contribution < -0.4 is 0 Å². The van der Waals surface area contributed by atoms with Crippen LogP contribution in [0.1, 0.15) is 48.7 Å². The summed E-state index contributed by atoms with van der Waals surface area (Å²) in [5.74, 6) is 0.124. The highest BCUT2D eigenvalue weighted by Crippen LogP contribution is 2.30. The third-order valence-electron chi connectivity index (χ3n) is 6.85. The van der Waals surface area contributed by atoms with Crippen LogP contribution in [-0.4, -0.2) is 51.9 Å². The molecule has 2 aromatic heterocycles. The maximum absolute atomic E-state index is 13.7. The molecule has 1 saturated carbocycles. The number of carbonyl (C=O) groups is 2. The number of benzene rings is 1. The Kier molecular flexibility index (Phi) is 5.76. The molecule has 3 aromatic rings. The molecule has 1 aromatic carbocycles. The molecule has 1 saturated heterocycles. The van der Waals surface area contributed by atoms with Gasteiger partial charge in [-0.05, 0) is 55.0 Å². The van der Waals surface area contributed by atoms with E-state index in [0.29, 0.717) is 31.9 Å². The van der Waals surface area contributed by atoms with Gasteiger partial charge >= 0.3 is 0 Å². The summed E-state index contributed by atoms with van der Waals surface area (Å²) in [4.78, 5) is 31.3. The van der Waals surface area contributed by atoms with Gasteiger partial charge in [0.05, 0.1) is 0 Å². The van der Waals surface area contributed by atoms with E-state index in [-0.39, 0.29) is 29.6 Å². The van der Waals surface area contributed by atoms with Gasteiger partial charge in [0, 0.05) is 43.5 Å². The van der Waals surface area contributed by atoms with E-state index in [0.717, 1.165) is 41.5 Å². The quantitative estimate of drug-likeness (QED) is 0.572. The fourth-order valence-corrected chi connectivity index (χ4v) is 6.06. The normalized spacial score (nSPS) is 19.8. The minimum Gasteiger partial charge on any atom is -0.336 e. The molecule has 3 heterocycles. The summed E-state index contributed by atoms with van der Waals surface area (Å²) in [6.45, 7) is 4.15. The van der Waals surface area contributed by atoms with Gasteiger partial charge in [0.25, 0.3) is 5.91 Å². The molecule has 0 radical (unpaired) electrons. The molecule has 1 aliphatic carbocycles. The fourth-order valence-electron chi connectivity index (χ4n) is 5.17. The molecule has 5 rings (SSSR count). The lowest BCUT2D eigenvalue weighted by Gasteiger charge is -2.41. The van der Waals surface area contributed by atoms with Crippen LogP contribution >= 0.6 is 11.3 Å². The molecule has 7 heteroatoms. The van der Waals surface area contributed by atoms with Crippen LogP contribution in [-0.2, 0) is 11.3 Å². The molecule has 0 bridgehead atoms. The summed E-state index contributed by atoms with van der Waals surface area (Å²) in [5.41, 5.74) is 1.45. The molecule has 2 fully saturated rings. The molecule has 168 valence electrons. The molecule has 5 nitrogen and oxygen atoms in total. The monoisotopic (exact) mass is 453 g/mol. The van der Waals surface area contributed by atoms with Crippen molar-refractivity contribution in [1.29, 1.82) is 0 Å². The molecular weight excluding hydrogens is 425 g/mol. The number of thiophene rings is 1. The van der Waals surface area contributed by atoms with Crippen LogP contribution in [0, 0.1) is 11.7 Å². The molecular formula is C25H28FN3O2S. The summed E-state index contributed by atoms with van der Waals surface area (Å²) < 4.78 is 15.7. The lowest BCUT2D eigenvalue weighted by molar-refractivity contribution is -0.139. The van der Waals surface area contributed by atoms with Crippen LogP contribution in [0.2, 0.25) is 0 Å². The Morgan fingerprint density at radius 2 is 1.94 bits per heavy atom. The SMILES string of the molecule is C[C@@H]1CN(C(=O)c2cc3ccsc3n2Cc2cccc(F)c2)CCN1C(=O)C1CCCC1. The zero-order valence-electron chi connectivity index (χ0n) is 18.3. The highest BCUT2D eigenvalue weighted by Gasteiger charge is 2.35. The fraction of sp³-hybridized carbons (Fsp3) is 0.440. The summed E-state index contributed by atoms with van der Waals surface area (Å²) in [7, 11) is 0. The van der Waals surface area contributed by atoms with E-state index in [1.165, 1.54) is 12.1 Å². The predicted octanol–water partition coefficient (Wildman–Crippen LogP) is 4.75. The smallest absolute Gasteiger partial charge is 0.270 e. The zero-order valence-corrected chi connectivity index (χ0v) is 19.1. The molecule has 1 atom stereocenters. The van der Waals surface area contributed by atoms with Crippen molar-refractivity contribution in [2.75, 3.05) is 19.6 Å². The summed E-state index contributed by atoms with van der Waals surface area (Å²) in [5, 5.41) is 3.04. The van der Waals surface area contributed by atoms with E-state index in [9.17, 15) is 14.0 Å².